The van der Waals surface area contributed by atoms with Crippen molar-refractivity contribution in [2.45, 2.75) is 13.8 Å². The maximum Gasteiger partial charge on any atom is 0.0439 e. The molecule has 0 radical (unpaired) electrons. The number of hydrogen-bond donors (Lipinski definition) is 0. The minimum Gasteiger partial charge on any atom is -0.157 e. The molecule has 0 amide bonds. The molecule has 0 saturated carbocycles. The molecule has 0 N–H and O–H groups in total. The number of alkyl halides is 1. The zero-order chi connectivity index (χ0) is 7.98. The maximum absolute atomic E-state index is 5.55. The molecule has 0 spiro atoms. The molecule has 0 atom stereocenters. The summed E-state index contributed by atoms with van der Waals surface area (Å²) in [7, 11) is 0. The van der Waals surface area contributed by atoms with Crippen molar-refractivity contribution < 1.29 is 0 Å². The lowest BCUT2D eigenvalue weighted by Gasteiger charge is -2.03. The second-order valence-corrected chi connectivity index (χ2v) is 4.09. The van der Waals surface area contributed by atoms with E-state index in [1.165, 1.54) is 5.75 Å². The van der Waals surface area contributed by atoms with Gasteiger partial charge in [-0.05, 0) is 11.7 Å². The molecule has 2 heteroatoms. The molecule has 0 aliphatic rings. The van der Waals surface area contributed by atoms with Crippen LogP contribution in [-0.4, -0.2) is 17.4 Å². The third-order valence-electron chi connectivity index (χ3n) is 0.946. The van der Waals surface area contributed by atoms with Gasteiger partial charge in [0.1, 0.15) is 0 Å². The molecule has 0 bridgehead atoms. The Balaban J connectivity index is 3.12. The van der Waals surface area contributed by atoms with Crippen LogP contribution in [0.15, 0.2) is 12.2 Å². The van der Waals surface area contributed by atoms with E-state index < -0.39 is 0 Å². The highest BCUT2D eigenvalue weighted by molar-refractivity contribution is 7.99. The fourth-order valence-electron chi connectivity index (χ4n) is 0.478. The van der Waals surface area contributed by atoms with Gasteiger partial charge in [0, 0.05) is 11.6 Å². The van der Waals surface area contributed by atoms with Crippen molar-refractivity contribution in [3.8, 4) is 0 Å². The second-order valence-electron chi connectivity index (χ2n) is 2.79. The minimum atomic E-state index is 0.602. The van der Waals surface area contributed by atoms with E-state index in [2.05, 4.69) is 20.4 Å². The van der Waals surface area contributed by atoms with Gasteiger partial charge < -0.3 is 0 Å². The molecule has 0 aliphatic heterocycles. The molecule has 0 fully saturated rings. The fourth-order valence-corrected chi connectivity index (χ4v) is 1.66. The van der Waals surface area contributed by atoms with Crippen LogP contribution in [0.4, 0.5) is 0 Å². The average Bonchev–Trinajstić information content (AvgIpc) is 1.87. The van der Waals surface area contributed by atoms with Crippen molar-refractivity contribution in [3.05, 3.63) is 12.2 Å². The van der Waals surface area contributed by atoms with Crippen LogP contribution >= 0.6 is 23.4 Å². The quantitative estimate of drug-likeness (QED) is 0.461. The summed E-state index contributed by atoms with van der Waals surface area (Å²) in [6, 6.07) is 0. The summed E-state index contributed by atoms with van der Waals surface area (Å²) in [5.41, 5.74) is 1.13. The van der Waals surface area contributed by atoms with Gasteiger partial charge >= 0.3 is 0 Å². The van der Waals surface area contributed by atoms with Gasteiger partial charge in [-0.25, -0.2) is 0 Å². The average molecular weight is 179 g/mol. The van der Waals surface area contributed by atoms with Crippen LogP contribution in [0.25, 0.3) is 0 Å². The number of halogens is 1. The van der Waals surface area contributed by atoms with Crippen LogP contribution in [0.1, 0.15) is 13.8 Å². The Kier molecular flexibility index (Phi) is 6.35. The fraction of sp³-hybridized carbons (Fsp3) is 0.750. The monoisotopic (exact) mass is 178 g/mol. The summed E-state index contributed by atoms with van der Waals surface area (Å²) in [6.07, 6.45) is 0. The molecule has 0 nitrogen and oxygen atoms in total. The summed E-state index contributed by atoms with van der Waals surface area (Å²) in [6.45, 7) is 8.25. The Labute approximate surface area is 73.0 Å². The molecule has 60 valence electrons. The minimum absolute atomic E-state index is 0.602. The Morgan fingerprint density at radius 3 is 2.60 bits per heavy atom. The van der Waals surface area contributed by atoms with Crippen molar-refractivity contribution in [3.63, 3.8) is 0 Å². The van der Waals surface area contributed by atoms with E-state index in [0.29, 0.717) is 5.88 Å². The molecule has 0 saturated heterocycles. The third-order valence-corrected chi connectivity index (χ3v) is 2.84. The van der Waals surface area contributed by atoms with Crippen LogP contribution in [0.5, 0.6) is 0 Å². The van der Waals surface area contributed by atoms with Gasteiger partial charge in [-0.3, -0.25) is 0 Å². The van der Waals surface area contributed by atoms with E-state index in [0.717, 1.165) is 17.2 Å². The first-order valence-electron chi connectivity index (χ1n) is 3.47. The predicted molar refractivity (Wildman–Crippen MR) is 52.0 cm³/mol. The first kappa shape index (κ1) is 10.4. The van der Waals surface area contributed by atoms with Gasteiger partial charge in [0.2, 0.25) is 0 Å². The van der Waals surface area contributed by atoms with Crippen molar-refractivity contribution in [1.29, 1.82) is 0 Å². The molecule has 0 aromatic carbocycles. The molecular weight excluding hydrogens is 164 g/mol. The lowest BCUT2D eigenvalue weighted by Crippen LogP contribution is -1.94. The highest BCUT2D eigenvalue weighted by atomic mass is 35.5. The van der Waals surface area contributed by atoms with Gasteiger partial charge in [0.05, 0.1) is 0 Å². The zero-order valence-corrected chi connectivity index (χ0v) is 8.26. The SMILES string of the molecule is C=C(CCl)CSCC(C)C. The van der Waals surface area contributed by atoms with Crippen LogP contribution in [-0.2, 0) is 0 Å². The van der Waals surface area contributed by atoms with Crippen molar-refractivity contribution >= 4 is 23.4 Å². The van der Waals surface area contributed by atoms with E-state index in [1.54, 1.807) is 0 Å². The predicted octanol–water partition coefficient (Wildman–Crippen LogP) is 3.17. The summed E-state index contributed by atoms with van der Waals surface area (Å²) < 4.78 is 0. The molecule has 0 aromatic heterocycles. The van der Waals surface area contributed by atoms with E-state index >= 15 is 0 Å². The summed E-state index contributed by atoms with van der Waals surface area (Å²) in [4.78, 5) is 0. The first-order chi connectivity index (χ1) is 4.66. The summed E-state index contributed by atoms with van der Waals surface area (Å²) in [5, 5.41) is 0. The van der Waals surface area contributed by atoms with E-state index in [-0.39, 0.29) is 0 Å². The smallest absolute Gasteiger partial charge is 0.0439 e. The Morgan fingerprint density at radius 2 is 2.20 bits per heavy atom. The maximum atomic E-state index is 5.55. The largest absolute Gasteiger partial charge is 0.157 e. The lowest BCUT2D eigenvalue weighted by atomic mass is 10.3. The highest BCUT2D eigenvalue weighted by Crippen LogP contribution is 2.11. The number of thioether (sulfide) groups is 1. The van der Waals surface area contributed by atoms with Crippen molar-refractivity contribution in [2.24, 2.45) is 5.92 Å². The Bertz CT molecular complexity index is 99.4. The molecule has 10 heavy (non-hydrogen) atoms. The van der Waals surface area contributed by atoms with Gasteiger partial charge in [-0.2, -0.15) is 11.8 Å². The molecule has 0 rings (SSSR count). The normalized spacial score (nSPS) is 10.4. The van der Waals surface area contributed by atoms with Crippen LogP contribution in [0, 0.1) is 5.92 Å². The van der Waals surface area contributed by atoms with Crippen LogP contribution < -0.4 is 0 Å². The highest BCUT2D eigenvalue weighted by Gasteiger charge is 1.95. The van der Waals surface area contributed by atoms with Crippen LogP contribution in [0.3, 0.4) is 0 Å². The van der Waals surface area contributed by atoms with E-state index in [9.17, 15) is 0 Å². The van der Waals surface area contributed by atoms with Gasteiger partial charge in [-0.15, -0.1) is 11.6 Å². The molecular formula is C8H15ClS. The van der Waals surface area contributed by atoms with E-state index in [1.807, 2.05) is 11.8 Å². The number of rotatable bonds is 5. The van der Waals surface area contributed by atoms with Gasteiger partial charge in [0.25, 0.3) is 0 Å². The van der Waals surface area contributed by atoms with Crippen LogP contribution in [0.2, 0.25) is 0 Å². The molecule has 0 aliphatic carbocycles. The summed E-state index contributed by atoms with van der Waals surface area (Å²) in [5.74, 6) is 3.59. The van der Waals surface area contributed by atoms with Crippen molar-refractivity contribution in [1.82, 2.24) is 0 Å². The first-order valence-corrected chi connectivity index (χ1v) is 5.16. The third kappa shape index (κ3) is 6.50. The van der Waals surface area contributed by atoms with E-state index in [4.69, 9.17) is 11.6 Å². The number of hydrogen-bond acceptors (Lipinski definition) is 1. The lowest BCUT2D eigenvalue weighted by molar-refractivity contribution is 0.750. The summed E-state index contributed by atoms with van der Waals surface area (Å²) >= 11 is 7.46. The molecule has 0 heterocycles. The van der Waals surface area contributed by atoms with Gasteiger partial charge in [-0.1, -0.05) is 26.0 Å². The Morgan fingerprint density at radius 1 is 1.60 bits per heavy atom. The Hall–Kier alpha value is 0.380. The standard InChI is InChI=1S/C8H15ClS/c1-7(2)5-10-6-8(3)4-9/h7H,3-6H2,1-2H3. The van der Waals surface area contributed by atoms with Gasteiger partial charge in [0.15, 0.2) is 0 Å². The van der Waals surface area contributed by atoms with Crippen molar-refractivity contribution in [2.75, 3.05) is 17.4 Å². The topological polar surface area (TPSA) is 0 Å². The zero-order valence-electron chi connectivity index (χ0n) is 6.69. The molecule has 0 aromatic rings. The second kappa shape index (κ2) is 6.11. The molecule has 0 unspecified atom stereocenters.